The maximum absolute atomic E-state index is 15.9. The van der Waals surface area contributed by atoms with Crippen molar-refractivity contribution in [3.8, 4) is 33.9 Å². The van der Waals surface area contributed by atoms with Crippen LogP contribution in [0.15, 0.2) is 61.6 Å². The summed E-state index contributed by atoms with van der Waals surface area (Å²) in [5, 5.41) is 10.2. The van der Waals surface area contributed by atoms with E-state index in [0.29, 0.717) is 45.7 Å². The van der Waals surface area contributed by atoms with Crippen molar-refractivity contribution in [2.24, 2.45) is 0 Å². The van der Waals surface area contributed by atoms with E-state index in [2.05, 4.69) is 40.4 Å². The number of aromatic nitrogens is 8. The highest BCUT2D eigenvalue weighted by atomic mass is 19.1. The highest BCUT2D eigenvalue weighted by molar-refractivity contribution is 5.98. The number of carbonyl (C=O) groups excluding carboxylic acids is 1. The number of anilines is 1. The first-order chi connectivity index (χ1) is 18.1. The molecule has 1 amide bonds. The van der Waals surface area contributed by atoms with Crippen molar-refractivity contribution in [3.05, 3.63) is 67.4 Å². The lowest BCUT2D eigenvalue weighted by molar-refractivity contribution is -0.116. The third-order valence-electron chi connectivity index (χ3n) is 5.91. The topological polar surface area (TPSA) is 138 Å². The number of imidazole rings is 1. The standard InChI is InChI=1S/C26H20FN9O/c1-2-4-20(37)32-16-7-15(9-29-10-16)23-22(27)21-18(13-31-23)35-36-25(21)26-33-19-12-30-11-17(24(19)34-26)14-5-3-6-28-8-14/h3,5-13H,2,4H2,1H3,(H,32,37)(H,33,34)(H,35,36). The Bertz CT molecular complexity index is 1760. The normalized spacial score (nSPS) is 11.3. The monoisotopic (exact) mass is 493 g/mol. The minimum Gasteiger partial charge on any atom is -0.335 e. The highest BCUT2D eigenvalue weighted by Crippen LogP contribution is 2.34. The summed E-state index contributed by atoms with van der Waals surface area (Å²) < 4.78 is 15.9. The number of nitrogens with zero attached hydrogens (tertiary/aromatic N) is 6. The first-order valence-corrected chi connectivity index (χ1v) is 11.6. The zero-order valence-electron chi connectivity index (χ0n) is 19.7. The molecule has 0 saturated carbocycles. The van der Waals surface area contributed by atoms with Gasteiger partial charge < -0.3 is 10.3 Å². The Morgan fingerprint density at radius 3 is 2.70 bits per heavy atom. The number of hydrogen-bond acceptors (Lipinski definition) is 7. The predicted octanol–water partition coefficient (Wildman–Crippen LogP) is 4.90. The summed E-state index contributed by atoms with van der Waals surface area (Å²) in [7, 11) is 0. The Hall–Kier alpha value is -5.06. The van der Waals surface area contributed by atoms with Gasteiger partial charge >= 0.3 is 0 Å². The smallest absolute Gasteiger partial charge is 0.224 e. The van der Waals surface area contributed by atoms with Crippen LogP contribution < -0.4 is 5.32 Å². The lowest BCUT2D eigenvalue weighted by atomic mass is 10.1. The lowest BCUT2D eigenvalue weighted by Crippen LogP contribution is -2.10. The molecule has 11 heteroatoms. The van der Waals surface area contributed by atoms with E-state index in [4.69, 9.17) is 4.98 Å². The molecule has 6 aromatic heterocycles. The molecule has 0 spiro atoms. The van der Waals surface area contributed by atoms with Gasteiger partial charge in [0.2, 0.25) is 5.91 Å². The van der Waals surface area contributed by atoms with Crippen LogP contribution in [0.2, 0.25) is 0 Å². The molecule has 0 aliphatic carbocycles. The molecule has 182 valence electrons. The molecule has 0 aliphatic rings. The molecule has 0 radical (unpaired) electrons. The van der Waals surface area contributed by atoms with Crippen molar-refractivity contribution in [1.29, 1.82) is 0 Å². The molecule has 0 bridgehead atoms. The summed E-state index contributed by atoms with van der Waals surface area (Å²) in [6.45, 7) is 1.92. The van der Waals surface area contributed by atoms with Crippen molar-refractivity contribution < 1.29 is 9.18 Å². The van der Waals surface area contributed by atoms with Crippen LogP contribution in [-0.2, 0) is 4.79 Å². The molecule has 3 N–H and O–H groups in total. The van der Waals surface area contributed by atoms with E-state index in [0.717, 1.165) is 17.5 Å². The molecule has 6 aromatic rings. The SMILES string of the molecule is CCCC(=O)Nc1cncc(-c2ncc3[nH]nc(-c4nc5c(-c6cccnc6)cncc5[nH]4)c3c2F)c1. The molecular weight excluding hydrogens is 473 g/mol. The van der Waals surface area contributed by atoms with Gasteiger partial charge in [-0.2, -0.15) is 5.10 Å². The average molecular weight is 494 g/mol. The zero-order chi connectivity index (χ0) is 25.4. The Labute approximate surface area is 209 Å². The van der Waals surface area contributed by atoms with Gasteiger partial charge in [0.25, 0.3) is 0 Å². The van der Waals surface area contributed by atoms with Gasteiger partial charge in [0.1, 0.15) is 16.9 Å². The fourth-order valence-electron chi connectivity index (χ4n) is 4.21. The van der Waals surface area contributed by atoms with E-state index in [-0.39, 0.29) is 17.0 Å². The first kappa shape index (κ1) is 22.4. The van der Waals surface area contributed by atoms with Crippen LogP contribution in [0.4, 0.5) is 10.1 Å². The minimum absolute atomic E-state index is 0.0862. The first-order valence-electron chi connectivity index (χ1n) is 11.6. The molecule has 6 heterocycles. The summed E-state index contributed by atoms with van der Waals surface area (Å²) in [6, 6.07) is 5.41. The number of rotatable bonds is 6. The van der Waals surface area contributed by atoms with Crippen LogP contribution in [0.25, 0.3) is 55.8 Å². The second-order valence-corrected chi connectivity index (χ2v) is 8.45. The van der Waals surface area contributed by atoms with Gasteiger partial charge in [0.05, 0.1) is 40.7 Å². The number of fused-ring (bicyclic) bond motifs is 2. The van der Waals surface area contributed by atoms with Crippen LogP contribution in [0.5, 0.6) is 0 Å². The fourth-order valence-corrected chi connectivity index (χ4v) is 4.21. The Morgan fingerprint density at radius 1 is 1.00 bits per heavy atom. The largest absolute Gasteiger partial charge is 0.335 e. The summed E-state index contributed by atoms with van der Waals surface area (Å²) in [6.07, 6.45) is 12.4. The molecule has 0 aliphatic heterocycles. The average Bonchev–Trinajstić information content (AvgIpc) is 3.54. The van der Waals surface area contributed by atoms with Crippen molar-refractivity contribution in [2.75, 3.05) is 5.32 Å². The highest BCUT2D eigenvalue weighted by Gasteiger charge is 2.21. The number of carbonyl (C=O) groups is 1. The van der Waals surface area contributed by atoms with Gasteiger partial charge in [-0.3, -0.25) is 29.8 Å². The van der Waals surface area contributed by atoms with E-state index < -0.39 is 5.82 Å². The van der Waals surface area contributed by atoms with Gasteiger partial charge in [-0.25, -0.2) is 9.37 Å². The molecule has 37 heavy (non-hydrogen) atoms. The van der Waals surface area contributed by atoms with Crippen LogP contribution in [-0.4, -0.2) is 46.0 Å². The van der Waals surface area contributed by atoms with Gasteiger partial charge in [-0.05, 0) is 18.6 Å². The quantitative estimate of drug-likeness (QED) is 0.300. The zero-order valence-corrected chi connectivity index (χ0v) is 19.7. The third kappa shape index (κ3) is 4.05. The maximum Gasteiger partial charge on any atom is 0.224 e. The van der Waals surface area contributed by atoms with Gasteiger partial charge in [-0.15, -0.1) is 0 Å². The summed E-state index contributed by atoms with van der Waals surface area (Å²) in [5.41, 5.74) is 4.72. The van der Waals surface area contributed by atoms with Crippen LogP contribution in [0.3, 0.4) is 0 Å². The number of nitrogens with one attached hydrogen (secondary N) is 3. The Balaban J connectivity index is 1.44. The molecule has 6 rings (SSSR count). The molecule has 10 nitrogen and oxygen atoms in total. The van der Waals surface area contributed by atoms with Crippen molar-refractivity contribution in [1.82, 2.24) is 40.1 Å². The summed E-state index contributed by atoms with van der Waals surface area (Å²) in [5.74, 6) is -0.326. The van der Waals surface area contributed by atoms with Gasteiger partial charge in [-0.1, -0.05) is 13.0 Å². The minimum atomic E-state index is -0.578. The van der Waals surface area contributed by atoms with Crippen molar-refractivity contribution in [3.63, 3.8) is 0 Å². The molecular formula is C26H20FN9O. The third-order valence-corrected chi connectivity index (χ3v) is 5.91. The van der Waals surface area contributed by atoms with E-state index in [1.165, 1.54) is 18.6 Å². The second-order valence-electron chi connectivity index (χ2n) is 8.45. The summed E-state index contributed by atoms with van der Waals surface area (Å²) in [4.78, 5) is 36.9. The number of pyridine rings is 4. The van der Waals surface area contributed by atoms with Gasteiger partial charge in [0.15, 0.2) is 11.6 Å². The fraction of sp³-hybridized carbons (Fsp3) is 0.115. The molecule has 0 fully saturated rings. The van der Waals surface area contributed by atoms with E-state index in [9.17, 15) is 4.79 Å². The summed E-state index contributed by atoms with van der Waals surface area (Å²) >= 11 is 0. The molecule has 0 atom stereocenters. The number of aromatic amines is 2. The lowest BCUT2D eigenvalue weighted by Gasteiger charge is -2.07. The van der Waals surface area contributed by atoms with Crippen LogP contribution in [0.1, 0.15) is 19.8 Å². The molecule has 0 saturated heterocycles. The van der Waals surface area contributed by atoms with E-state index in [1.54, 1.807) is 30.9 Å². The number of amides is 1. The maximum atomic E-state index is 15.9. The number of hydrogen-bond donors (Lipinski definition) is 3. The number of H-pyrrole nitrogens is 2. The van der Waals surface area contributed by atoms with Crippen molar-refractivity contribution in [2.45, 2.75) is 19.8 Å². The van der Waals surface area contributed by atoms with Crippen LogP contribution in [0, 0.1) is 5.82 Å². The second kappa shape index (κ2) is 9.19. The van der Waals surface area contributed by atoms with Crippen molar-refractivity contribution >= 4 is 33.5 Å². The molecule has 0 aromatic carbocycles. The number of halogens is 1. The van der Waals surface area contributed by atoms with Crippen LogP contribution >= 0.6 is 0 Å². The molecule has 0 unspecified atom stereocenters. The Kier molecular flexibility index (Phi) is 5.56. The van der Waals surface area contributed by atoms with E-state index >= 15 is 4.39 Å². The van der Waals surface area contributed by atoms with E-state index in [1.807, 2.05) is 19.1 Å². The Morgan fingerprint density at radius 2 is 1.86 bits per heavy atom. The van der Waals surface area contributed by atoms with Gasteiger partial charge in [0, 0.05) is 47.9 Å². The predicted molar refractivity (Wildman–Crippen MR) is 137 cm³/mol.